The fraction of sp³-hybridized carbons (Fsp3) is 0.158. The minimum Gasteiger partial charge on any atom is -0.481 e. The number of halogens is 1. The van der Waals surface area contributed by atoms with Gasteiger partial charge < -0.3 is 15.3 Å². The third-order valence-corrected chi connectivity index (χ3v) is 4.70. The maximum absolute atomic E-state index is 10.9. The molecule has 1 aliphatic rings. The van der Waals surface area contributed by atoms with E-state index in [0.717, 1.165) is 4.47 Å². The minimum atomic E-state index is -1.08. The number of benzene rings is 1. The fourth-order valence-electron chi connectivity index (χ4n) is 2.46. The molecule has 0 saturated heterocycles. The van der Waals surface area contributed by atoms with Crippen molar-refractivity contribution in [2.75, 3.05) is 0 Å². The summed E-state index contributed by atoms with van der Waals surface area (Å²) in [6.07, 6.45) is 5.90. The van der Waals surface area contributed by atoms with Crippen LogP contribution in [-0.4, -0.2) is 43.0 Å². The minimum absolute atomic E-state index is 0.0359. The summed E-state index contributed by atoms with van der Waals surface area (Å²) in [4.78, 5) is 32.2. The normalized spacial score (nSPS) is 17.9. The second-order valence-corrected chi connectivity index (χ2v) is 6.99. The quantitative estimate of drug-likeness (QED) is 0.653. The zero-order valence-electron chi connectivity index (χ0n) is 14.7. The van der Waals surface area contributed by atoms with Crippen molar-refractivity contribution in [3.05, 3.63) is 70.5 Å². The van der Waals surface area contributed by atoms with Gasteiger partial charge in [0.1, 0.15) is 0 Å². The predicted octanol–water partition coefficient (Wildman–Crippen LogP) is 3.38. The Balaban J connectivity index is 0.000000203. The van der Waals surface area contributed by atoms with Crippen LogP contribution in [0.2, 0.25) is 0 Å². The Bertz CT molecular complexity index is 978. The first-order valence-corrected chi connectivity index (χ1v) is 8.82. The van der Waals surface area contributed by atoms with Crippen LogP contribution in [-0.2, 0) is 9.59 Å². The van der Waals surface area contributed by atoms with Gasteiger partial charge in [-0.15, -0.1) is 0 Å². The standard InChI is InChI=1S/C10H7BrN2O2.C9H10O4/c11-7-3-1-2-4-8(7)13-9(10(14)15)5-6-12-13;1-9(8(12)13)4-2-3-6(5-9)7(10)11/h1-6H,(H,14,15);2-4H,5H2,1H3,(H,10,11)(H,12,13). The van der Waals surface area contributed by atoms with Gasteiger partial charge in [-0.2, -0.15) is 5.10 Å². The van der Waals surface area contributed by atoms with Gasteiger partial charge in [0, 0.05) is 10.0 Å². The smallest absolute Gasteiger partial charge is 0.354 e. The summed E-state index contributed by atoms with van der Waals surface area (Å²) in [5.74, 6) is -3.06. The van der Waals surface area contributed by atoms with Crippen molar-refractivity contribution in [3.8, 4) is 5.69 Å². The Morgan fingerprint density at radius 3 is 2.36 bits per heavy atom. The van der Waals surface area contributed by atoms with Gasteiger partial charge in [0.05, 0.1) is 17.3 Å². The van der Waals surface area contributed by atoms with Crippen molar-refractivity contribution in [1.29, 1.82) is 0 Å². The van der Waals surface area contributed by atoms with Gasteiger partial charge in [0.25, 0.3) is 0 Å². The Hall–Kier alpha value is -3.20. The molecule has 1 unspecified atom stereocenters. The highest BCUT2D eigenvalue weighted by molar-refractivity contribution is 9.10. The van der Waals surface area contributed by atoms with Crippen molar-refractivity contribution >= 4 is 33.8 Å². The van der Waals surface area contributed by atoms with Crippen LogP contribution in [0.4, 0.5) is 0 Å². The second-order valence-electron chi connectivity index (χ2n) is 6.14. The topological polar surface area (TPSA) is 130 Å². The molecule has 0 aliphatic heterocycles. The monoisotopic (exact) mass is 448 g/mol. The molecule has 0 radical (unpaired) electrons. The summed E-state index contributed by atoms with van der Waals surface area (Å²) in [6, 6.07) is 8.78. The van der Waals surface area contributed by atoms with Crippen molar-refractivity contribution in [3.63, 3.8) is 0 Å². The van der Waals surface area contributed by atoms with E-state index in [4.69, 9.17) is 15.3 Å². The molecule has 3 rings (SSSR count). The number of hydrogen-bond acceptors (Lipinski definition) is 4. The molecule has 2 aromatic rings. The van der Waals surface area contributed by atoms with Crippen LogP contribution in [0.3, 0.4) is 0 Å². The van der Waals surface area contributed by atoms with Crippen LogP contribution in [0, 0.1) is 5.41 Å². The number of para-hydroxylation sites is 1. The first kappa shape index (κ1) is 21.1. The van der Waals surface area contributed by atoms with E-state index in [1.807, 2.05) is 18.2 Å². The lowest BCUT2D eigenvalue weighted by Crippen LogP contribution is -2.28. The van der Waals surface area contributed by atoms with E-state index in [1.165, 1.54) is 42.1 Å². The average Bonchev–Trinajstić information content (AvgIpc) is 3.12. The highest BCUT2D eigenvalue weighted by atomic mass is 79.9. The maximum Gasteiger partial charge on any atom is 0.354 e. The van der Waals surface area contributed by atoms with Crippen LogP contribution in [0.1, 0.15) is 23.8 Å². The number of allylic oxidation sites excluding steroid dienone is 2. The van der Waals surface area contributed by atoms with E-state index in [0.29, 0.717) is 5.69 Å². The third-order valence-electron chi connectivity index (χ3n) is 4.02. The summed E-state index contributed by atoms with van der Waals surface area (Å²) < 4.78 is 2.18. The van der Waals surface area contributed by atoms with Gasteiger partial charge in [0.15, 0.2) is 5.69 Å². The molecular formula is C19H17BrN2O6. The molecule has 8 nitrogen and oxygen atoms in total. The molecule has 1 aromatic carbocycles. The number of carbonyl (C=O) groups is 3. The lowest BCUT2D eigenvalue weighted by atomic mass is 9.80. The number of hydrogen-bond donors (Lipinski definition) is 3. The third kappa shape index (κ3) is 4.74. The maximum atomic E-state index is 10.9. The number of aromatic carboxylic acids is 1. The lowest BCUT2D eigenvalue weighted by molar-refractivity contribution is -0.145. The molecule has 0 amide bonds. The number of nitrogens with zero attached hydrogens (tertiary/aromatic N) is 2. The summed E-state index contributed by atoms with van der Waals surface area (Å²) in [6.45, 7) is 1.50. The van der Waals surface area contributed by atoms with E-state index >= 15 is 0 Å². The van der Waals surface area contributed by atoms with Crippen LogP contribution in [0.25, 0.3) is 5.69 Å². The average molecular weight is 449 g/mol. The molecule has 28 heavy (non-hydrogen) atoms. The highest BCUT2D eigenvalue weighted by Gasteiger charge is 2.34. The van der Waals surface area contributed by atoms with E-state index < -0.39 is 23.3 Å². The summed E-state index contributed by atoms with van der Waals surface area (Å²) >= 11 is 3.35. The molecule has 1 aromatic heterocycles. The molecule has 3 N–H and O–H groups in total. The Morgan fingerprint density at radius 1 is 1.11 bits per heavy atom. The molecule has 0 bridgehead atoms. The Kier molecular flexibility index (Phi) is 6.53. The molecule has 146 valence electrons. The van der Waals surface area contributed by atoms with E-state index in [9.17, 15) is 14.4 Å². The fourth-order valence-corrected chi connectivity index (χ4v) is 2.92. The Morgan fingerprint density at radius 2 is 1.79 bits per heavy atom. The first-order chi connectivity index (χ1) is 13.2. The van der Waals surface area contributed by atoms with Gasteiger partial charge in [-0.3, -0.25) is 4.79 Å². The van der Waals surface area contributed by atoms with Crippen molar-refractivity contribution < 1.29 is 29.7 Å². The van der Waals surface area contributed by atoms with Crippen LogP contribution in [0.5, 0.6) is 0 Å². The highest BCUT2D eigenvalue weighted by Crippen LogP contribution is 2.31. The molecule has 0 spiro atoms. The molecule has 0 fully saturated rings. The summed E-state index contributed by atoms with van der Waals surface area (Å²) in [7, 11) is 0. The van der Waals surface area contributed by atoms with E-state index in [-0.39, 0.29) is 17.7 Å². The predicted molar refractivity (Wildman–Crippen MR) is 103 cm³/mol. The first-order valence-electron chi connectivity index (χ1n) is 8.03. The zero-order chi connectivity index (χ0) is 20.9. The largest absolute Gasteiger partial charge is 0.481 e. The van der Waals surface area contributed by atoms with Crippen LogP contribution < -0.4 is 0 Å². The van der Waals surface area contributed by atoms with E-state index in [1.54, 1.807) is 6.07 Å². The van der Waals surface area contributed by atoms with Gasteiger partial charge in [-0.25, -0.2) is 14.3 Å². The molecule has 0 saturated carbocycles. The Labute approximate surface area is 168 Å². The number of aromatic nitrogens is 2. The SMILES string of the molecule is CC1(C(=O)O)C=CC=C(C(=O)O)C1.O=C(O)c1ccnn1-c1ccccc1Br. The van der Waals surface area contributed by atoms with Gasteiger partial charge in [0.2, 0.25) is 0 Å². The van der Waals surface area contributed by atoms with E-state index in [2.05, 4.69) is 21.0 Å². The molecule has 1 heterocycles. The zero-order valence-corrected chi connectivity index (χ0v) is 16.3. The van der Waals surface area contributed by atoms with Crippen molar-refractivity contribution in [2.45, 2.75) is 13.3 Å². The van der Waals surface area contributed by atoms with Gasteiger partial charge in [-0.1, -0.05) is 30.4 Å². The number of carboxylic acid groups (broad SMARTS) is 3. The van der Waals surface area contributed by atoms with Crippen molar-refractivity contribution in [2.24, 2.45) is 5.41 Å². The molecular weight excluding hydrogens is 432 g/mol. The number of rotatable bonds is 4. The molecule has 1 atom stereocenters. The van der Waals surface area contributed by atoms with Crippen molar-refractivity contribution in [1.82, 2.24) is 9.78 Å². The van der Waals surface area contributed by atoms with Crippen LogP contribution in [0.15, 0.2) is 64.8 Å². The lowest BCUT2D eigenvalue weighted by Gasteiger charge is -2.23. The van der Waals surface area contributed by atoms with Gasteiger partial charge in [-0.05, 0) is 47.5 Å². The van der Waals surface area contributed by atoms with Gasteiger partial charge >= 0.3 is 17.9 Å². The molecule has 1 aliphatic carbocycles. The summed E-state index contributed by atoms with van der Waals surface area (Å²) in [5.41, 5.74) is -0.100. The summed E-state index contributed by atoms with van der Waals surface area (Å²) in [5, 5.41) is 30.4. The number of aliphatic carboxylic acids is 2. The second kappa shape index (κ2) is 8.66. The van der Waals surface area contributed by atoms with Crippen LogP contribution >= 0.6 is 15.9 Å². The number of carboxylic acids is 3. The molecule has 9 heteroatoms.